The molecule has 1 N–H and O–H groups in total. The summed E-state index contributed by atoms with van der Waals surface area (Å²) in [6.07, 6.45) is 2.60. The van der Waals surface area contributed by atoms with Gasteiger partial charge in [-0.2, -0.15) is 0 Å². The van der Waals surface area contributed by atoms with E-state index >= 15 is 0 Å². The van der Waals surface area contributed by atoms with Gasteiger partial charge in [0.1, 0.15) is 11.9 Å². The fraction of sp³-hybridized carbons (Fsp3) is 0.588. The Bertz CT molecular complexity index is 450. The van der Waals surface area contributed by atoms with Crippen LogP contribution in [0.5, 0.6) is 5.75 Å². The Balaban J connectivity index is 1.88. The van der Waals surface area contributed by atoms with Crippen molar-refractivity contribution in [2.24, 2.45) is 4.99 Å². The molecule has 2 rings (SSSR count). The van der Waals surface area contributed by atoms with E-state index in [1.807, 2.05) is 12.1 Å². The lowest BCUT2D eigenvalue weighted by Gasteiger charge is -2.21. The molecular formula is C17H27N3O. The minimum absolute atomic E-state index is 0.0731. The average Bonchev–Trinajstić information content (AvgIpc) is 3.00. The van der Waals surface area contributed by atoms with Gasteiger partial charge in [0.2, 0.25) is 0 Å². The van der Waals surface area contributed by atoms with Crippen molar-refractivity contribution < 1.29 is 4.74 Å². The lowest BCUT2D eigenvalue weighted by molar-refractivity contribution is 0.229. The van der Waals surface area contributed by atoms with Gasteiger partial charge in [0.15, 0.2) is 5.96 Å². The van der Waals surface area contributed by atoms with Crippen molar-refractivity contribution >= 4 is 5.96 Å². The predicted octanol–water partition coefficient (Wildman–Crippen LogP) is 2.82. The Morgan fingerprint density at radius 1 is 1.29 bits per heavy atom. The Kier molecular flexibility index (Phi) is 5.90. The van der Waals surface area contributed by atoms with Crippen molar-refractivity contribution in [3.8, 4) is 5.75 Å². The fourth-order valence-corrected chi connectivity index (χ4v) is 2.46. The Hall–Kier alpha value is -1.71. The second kappa shape index (κ2) is 7.91. The van der Waals surface area contributed by atoms with E-state index in [9.17, 15) is 0 Å². The fourth-order valence-electron chi connectivity index (χ4n) is 2.46. The highest BCUT2D eigenvalue weighted by Crippen LogP contribution is 2.13. The van der Waals surface area contributed by atoms with Crippen molar-refractivity contribution in [2.45, 2.75) is 39.7 Å². The first-order chi connectivity index (χ1) is 10.2. The van der Waals surface area contributed by atoms with E-state index in [0.717, 1.165) is 31.3 Å². The Morgan fingerprint density at radius 2 is 1.95 bits per heavy atom. The number of hydrogen-bond donors (Lipinski definition) is 1. The number of nitrogens with one attached hydrogen (secondary N) is 1. The van der Waals surface area contributed by atoms with Gasteiger partial charge in [-0.05, 0) is 45.7 Å². The molecule has 1 fully saturated rings. The van der Waals surface area contributed by atoms with E-state index < -0.39 is 0 Å². The summed E-state index contributed by atoms with van der Waals surface area (Å²) in [4.78, 5) is 7.05. The van der Waals surface area contributed by atoms with Crippen LogP contribution in [0.15, 0.2) is 29.3 Å². The molecule has 0 saturated carbocycles. The molecule has 0 aliphatic carbocycles. The molecule has 4 heteroatoms. The zero-order valence-corrected chi connectivity index (χ0v) is 13.4. The van der Waals surface area contributed by atoms with Crippen LogP contribution >= 0.6 is 0 Å². The lowest BCUT2D eigenvalue weighted by atomic mass is 10.2. The molecule has 1 aromatic carbocycles. The number of hydrogen-bond acceptors (Lipinski definition) is 2. The number of ether oxygens (including phenoxy) is 1. The minimum Gasteiger partial charge on any atom is -0.489 e. The highest BCUT2D eigenvalue weighted by molar-refractivity contribution is 5.80. The van der Waals surface area contributed by atoms with E-state index in [1.54, 1.807) is 0 Å². The number of rotatable bonds is 5. The summed E-state index contributed by atoms with van der Waals surface area (Å²) < 4.78 is 5.91. The van der Waals surface area contributed by atoms with Gasteiger partial charge in [-0.1, -0.05) is 17.7 Å². The van der Waals surface area contributed by atoms with Crippen LogP contribution in [0.4, 0.5) is 0 Å². The third-order valence-corrected chi connectivity index (χ3v) is 3.60. The molecule has 0 spiro atoms. The molecule has 1 saturated heterocycles. The molecular weight excluding hydrogens is 262 g/mol. The molecule has 21 heavy (non-hydrogen) atoms. The van der Waals surface area contributed by atoms with E-state index in [0.29, 0.717) is 6.54 Å². The van der Waals surface area contributed by atoms with Crippen LogP contribution in [0.25, 0.3) is 0 Å². The zero-order chi connectivity index (χ0) is 15.1. The number of aliphatic imine (C=N–C) groups is 1. The molecule has 1 aromatic rings. The molecule has 0 bridgehead atoms. The summed E-state index contributed by atoms with van der Waals surface area (Å²) in [5, 5.41) is 3.37. The van der Waals surface area contributed by atoms with Crippen LogP contribution < -0.4 is 10.1 Å². The van der Waals surface area contributed by atoms with Gasteiger partial charge in [0.25, 0.3) is 0 Å². The number of nitrogens with zero attached hydrogens (tertiary/aromatic N) is 2. The molecule has 1 aliphatic rings. The normalized spacial score (nSPS) is 16.9. The molecule has 0 aromatic heterocycles. The molecule has 1 heterocycles. The quantitative estimate of drug-likeness (QED) is 0.669. The summed E-state index contributed by atoms with van der Waals surface area (Å²) in [5.41, 5.74) is 1.25. The largest absolute Gasteiger partial charge is 0.489 e. The van der Waals surface area contributed by atoms with Gasteiger partial charge in [-0.25, -0.2) is 4.99 Å². The summed E-state index contributed by atoms with van der Waals surface area (Å²) >= 11 is 0. The number of guanidine groups is 1. The molecule has 4 nitrogen and oxygen atoms in total. The second-order valence-electron chi connectivity index (χ2n) is 5.63. The van der Waals surface area contributed by atoms with Crippen molar-refractivity contribution in [1.82, 2.24) is 10.2 Å². The summed E-state index contributed by atoms with van der Waals surface area (Å²) in [7, 11) is 0. The van der Waals surface area contributed by atoms with E-state index in [2.05, 4.69) is 43.1 Å². The molecule has 0 amide bonds. The highest BCUT2D eigenvalue weighted by atomic mass is 16.5. The Labute approximate surface area is 128 Å². The maximum absolute atomic E-state index is 5.91. The SMILES string of the molecule is CCNC(=NCC(C)Oc1ccc(C)cc1)N1CCCC1. The van der Waals surface area contributed by atoms with E-state index in [-0.39, 0.29) is 6.10 Å². The van der Waals surface area contributed by atoms with Crippen LogP contribution in [0, 0.1) is 6.92 Å². The molecule has 116 valence electrons. The maximum Gasteiger partial charge on any atom is 0.194 e. The molecule has 1 aliphatic heterocycles. The van der Waals surface area contributed by atoms with Gasteiger partial charge in [-0.15, -0.1) is 0 Å². The van der Waals surface area contributed by atoms with Crippen molar-refractivity contribution in [1.29, 1.82) is 0 Å². The summed E-state index contributed by atoms with van der Waals surface area (Å²) in [6, 6.07) is 8.17. The van der Waals surface area contributed by atoms with Gasteiger partial charge < -0.3 is 15.0 Å². The van der Waals surface area contributed by atoms with Crippen LogP contribution in [0.3, 0.4) is 0 Å². The Morgan fingerprint density at radius 3 is 2.57 bits per heavy atom. The van der Waals surface area contributed by atoms with Gasteiger partial charge >= 0.3 is 0 Å². The molecule has 1 atom stereocenters. The second-order valence-corrected chi connectivity index (χ2v) is 5.63. The van der Waals surface area contributed by atoms with Crippen LogP contribution in [-0.4, -0.2) is 43.1 Å². The monoisotopic (exact) mass is 289 g/mol. The smallest absolute Gasteiger partial charge is 0.194 e. The van der Waals surface area contributed by atoms with Crippen LogP contribution in [0.2, 0.25) is 0 Å². The summed E-state index contributed by atoms with van der Waals surface area (Å²) in [5.74, 6) is 1.93. The number of likely N-dealkylation sites (tertiary alicyclic amines) is 1. The van der Waals surface area contributed by atoms with E-state index in [4.69, 9.17) is 9.73 Å². The number of benzene rings is 1. The lowest BCUT2D eigenvalue weighted by Crippen LogP contribution is -2.40. The standard InChI is InChI=1S/C17H27N3O/c1-4-18-17(20-11-5-6-12-20)19-13-15(3)21-16-9-7-14(2)8-10-16/h7-10,15H,4-6,11-13H2,1-3H3,(H,18,19). The van der Waals surface area contributed by atoms with E-state index in [1.165, 1.54) is 18.4 Å². The van der Waals surface area contributed by atoms with Crippen LogP contribution in [0.1, 0.15) is 32.3 Å². The van der Waals surface area contributed by atoms with Gasteiger partial charge in [-0.3, -0.25) is 0 Å². The molecule has 0 radical (unpaired) electrons. The maximum atomic E-state index is 5.91. The third-order valence-electron chi connectivity index (χ3n) is 3.60. The average molecular weight is 289 g/mol. The zero-order valence-electron chi connectivity index (χ0n) is 13.4. The first kappa shape index (κ1) is 15.7. The highest BCUT2D eigenvalue weighted by Gasteiger charge is 2.15. The first-order valence-electron chi connectivity index (χ1n) is 7.95. The van der Waals surface area contributed by atoms with Crippen molar-refractivity contribution in [3.05, 3.63) is 29.8 Å². The van der Waals surface area contributed by atoms with Gasteiger partial charge in [0.05, 0.1) is 6.54 Å². The number of aryl methyl sites for hydroxylation is 1. The first-order valence-corrected chi connectivity index (χ1v) is 7.95. The summed E-state index contributed by atoms with van der Waals surface area (Å²) in [6.45, 7) is 10.1. The van der Waals surface area contributed by atoms with Crippen LogP contribution in [-0.2, 0) is 0 Å². The third kappa shape index (κ3) is 4.96. The van der Waals surface area contributed by atoms with Crippen molar-refractivity contribution in [3.63, 3.8) is 0 Å². The van der Waals surface area contributed by atoms with Gasteiger partial charge in [0, 0.05) is 19.6 Å². The molecule has 1 unspecified atom stereocenters. The topological polar surface area (TPSA) is 36.9 Å². The predicted molar refractivity (Wildman–Crippen MR) is 88.1 cm³/mol. The van der Waals surface area contributed by atoms with Crippen molar-refractivity contribution in [2.75, 3.05) is 26.2 Å². The minimum atomic E-state index is 0.0731.